The molecule has 0 amide bonds. The van der Waals surface area contributed by atoms with Crippen LogP contribution in [0.4, 0.5) is 0 Å². The van der Waals surface area contributed by atoms with Crippen molar-refractivity contribution in [2.45, 2.75) is 10.8 Å². The molecule has 0 aliphatic heterocycles. The average molecular weight is 325 g/mol. The molecular weight excluding hydrogens is 310 g/mol. The van der Waals surface area contributed by atoms with Crippen molar-refractivity contribution in [3.05, 3.63) is 35.8 Å². The molecule has 0 spiro atoms. The van der Waals surface area contributed by atoms with Crippen LogP contribution in [0.15, 0.2) is 34.6 Å². The van der Waals surface area contributed by atoms with Gasteiger partial charge in [0.05, 0.1) is 4.21 Å². The number of thiocarbonyl (C=S) groups is 1. The van der Waals surface area contributed by atoms with Gasteiger partial charge in [0, 0.05) is 13.1 Å². The number of aromatic nitrogens is 1. The van der Waals surface area contributed by atoms with Crippen molar-refractivity contribution in [1.82, 2.24) is 15.3 Å². The molecule has 20 heavy (non-hydrogen) atoms. The molecule has 1 aromatic heterocycles. The fraction of sp³-hybridized carbons (Fsp3) is 0.250. The molecule has 0 saturated heterocycles. The first-order valence-electron chi connectivity index (χ1n) is 5.65. The summed E-state index contributed by atoms with van der Waals surface area (Å²) in [6.07, 6.45) is 5.36. The van der Waals surface area contributed by atoms with E-state index in [1.54, 1.807) is 16.7 Å². The van der Waals surface area contributed by atoms with Gasteiger partial charge < -0.3 is 9.88 Å². The monoisotopic (exact) mass is 325 g/mol. The summed E-state index contributed by atoms with van der Waals surface area (Å²) in [5, 5.41) is 16.8. The van der Waals surface area contributed by atoms with Crippen molar-refractivity contribution in [3.63, 3.8) is 0 Å². The first kappa shape index (κ1) is 16.5. The maximum Gasteiger partial charge on any atom is 0.210 e. The minimum atomic E-state index is 0.410. The van der Waals surface area contributed by atoms with Crippen LogP contribution in [0.1, 0.15) is 5.69 Å². The third kappa shape index (κ3) is 4.23. The van der Waals surface area contributed by atoms with Gasteiger partial charge in [0.15, 0.2) is 5.11 Å². The number of nitrogens with zero attached hydrogens (tertiary/aromatic N) is 3. The Kier molecular flexibility index (Phi) is 7.08. The van der Waals surface area contributed by atoms with E-state index in [4.69, 9.17) is 12.2 Å². The normalized spacial score (nSPS) is 10.7. The van der Waals surface area contributed by atoms with Crippen LogP contribution in [0.5, 0.6) is 0 Å². The number of allylic oxidation sites excluding steroid dienone is 1. The van der Waals surface area contributed by atoms with Crippen molar-refractivity contribution >= 4 is 40.4 Å². The Balaban J connectivity index is 3.07. The molecule has 0 unspecified atom stereocenters. The Morgan fingerprint density at radius 1 is 1.60 bits per heavy atom. The highest BCUT2D eigenvalue weighted by Gasteiger charge is 2.11. The van der Waals surface area contributed by atoms with Gasteiger partial charge in [0.1, 0.15) is 11.8 Å². The van der Waals surface area contributed by atoms with Gasteiger partial charge in [-0.05, 0) is 18.5 Å². The van der Waals surface area contributed by atoms with E-state index in [-0.39, 0.29) is 0 Å². The van der Waals surface area contributed by atoms with Crippen molar-refractivity contribution in [2.75, 3.05) is 12.8 Å². The van der Waals surface area contributed by atoms with Crippen LogP contribution in [0.2, 0.25) is 0 Å². The molecule has 0 aliphatic carbocycles. The van der Waals surface area contributed by atoms with Gasteiger partial charge in [0.25, 0.3) is 0 Å². The average Bonchev–Trinajstić information content (AvgIpc) is 2.80. The molecule has 0 atom stereocenters. The van der Waals surface area contributed by atoms with E-state index in [1.807, 2.05) is 6.26 Å². The molecule has 0 radical (unpaired) electrons. The first-order chi connectivity index (χ1) is 9.67. The third-order valence-electron chi connectivity index (χ3n) is 2.14. The Morgan fingerprint density at radius 2 is 2.35 bits per heavy atom. The zero-order valence-electron chi connectivity index (χ0n) is 11.0. The summed E-state index contributed by atoms with van der Waals surface area (Å²) >= 11 is 8.02. The maximum atomic E-state index is 9.24. The zero-order chi connectivity index (χ0) is 15.0. The van der Waals surface area contributed by atoms with Crippen LogP contribution in [0.3, 0.4) is 0 Å². The Morgan fingerprint density at radius 3 is 2.90 bits per heavy atom. The van der Waals surface area contributed by atoms with Crippen LogP contribution >= 0.6 is 35.3 Å². The number of thiazole rings is 1. The quantitative estimate of drug-likeness (QED) is 0.361. The minimum Gasteiger partial charge on any atom is -0.358 e. The SMILES string of the molecule is C=CCNC(=S)N/N=c1\sc(SC)c(C#N)n1CC=C. The first-order valence-corrected chi connectivity index (χ1v) is 8.10. The summed E-state index contributed by atoms with van der Waals surface area (Å²) in [4.78, 5) is 0.675. The molecule has 2 N–H and O–H groups in total. The van der Waals surface area contributed by atoms with E-state index in [1.165, 1.54) is 23.1 Å². The van der Waals surface area contributed by atoms with E-state index >= 15 is 0 Å². The van der Waals surface area contributed by atoms with Gasteiger partial charge in [-0.15, -0.1) is 30.0 Å². The fourth-order valence-corrected chi connectivity index (χ4v) is 3.14. The summed E-state index contributed by atoms with van der Waals surface area (Å²) in [7, 11) is 0. The van der Waals surface area contributed by atoms with Crippen LogP contribution in [-0.2, 0) is 6.54 Å². The molecule has 5 nitrogen and oxygen atoms in total. The van der Waals surface area contributed by atoms with Crippen molar-refractivity contribution in [1.29, 1.82) is 5.26 Å². The lowest BCUT2D eigenvalue weighted by Gasteiger charge is -2.04. The van der Waals surface area contributed by atoms with Gasteiger partial charge in [0.2, 0.25) is 4.80 Å². The second-order valence-electron chi connectivity index (χ2n) is 3.46. The lowest BCUT2D eigenvalue weighted by Crippen LogP contribution is -2.34. The second-order valence-corrected chi connectivity index (χ2v) is 5.92. The fourth-order valence-electron chi connectivity index (χ4n) is 1.32. The number of nitrogens with one attached hydrogen (secondary N) is 2. The Labute approximate surface area is 131 Å². The minimum absolute atomic E-state index is 0.410. The number of thioether (sulfide) groups is 1. The molecule has 106 valence electrons. The molecule has 1 aromatic rings. The highest BCUT2D eigenvalue weighted by Crippen LogP contribution is 2.22. The number of nitriles is 1. The maximum absolute atomic E-state index is 9.24. The number of hydrogen-bond donors (Lipinski definition) is 2. The standard InChI is InChI=1S/C12H15N5S3/c1-4-6-14-11(18)15-16-12-17(7-5-2)9(8-13)10(19-3)20-12/h4-5H,1-2,6-7H2,3H3,(H2,14,15,18)/b16-12-. The number of hydrogen-bond acceptors (Lipinski definition) is 5. The molecule has 0 bridgehead atoms. The third-order valence-corrected chi connectivity index (χ3v) is 4.56. The summed E-state index contributed by atoms with van der Waals surface area (Å²) in [6, 6.07) is 2.20. The number of rotatable bonds is 6. The second kappa shape index (κ2) is 8.58. The highest BCUT2D eigenvalue weighted by molar-refractivity contribution is 8.00. The Hall–Kier alpha value is -1.56. The van der Waals surface area contributed by atoms with Crippen LogP contribution in [0.25, 0.3) is 0 Å². The van der Waals surface area contributed by atoms with Gasteiger partial charge >= 0.3 is 0 Å². The van der Waals surface area contributed by atoms with Gasteiger partial charge in [-0.2, -0.15) is 5.26 Å². The van der Waals surface area contributed by atoms with Gasteiger partial charge in [-0.25, -0.2) is 0 Å². The van der Waals surface area contributed by atoms with Crippen LogP contribution < -0.4 is 15.5 Å². The molecule has 0 aliphatic rings. The molecule has 8 heteroatoms. The molecule has 1 heterocycles. The molecule has 0 fully saturated rings. The van der Waals surface area contributed by atoms with Crippen molar-refractivity contribution in [3.8, 4) is 6.07 Å². The summed E-state index contributed by atoms with van der Waals surface area (Å²) in [6.45, 7) is 8.38. The molecule has 0 saturated carbocycles. The summed E-state index contributed by atoms with van der Waals surface area (Å²) in [5.41, 5.74) is 3.35. The summed E-state index contributed by atoms with van der Waals surface area (Å²) in [5.74, 6) is 0. The van der Waals surface area contributed by atoms with Crippen molar-refractivity contribution in [2.24, 2.45) is 5.10 Å². The highest BCUT2D eigenvalue weighted by atomic mass is 32.2. The van der Waals surface area contributed by atoms with Crippen LogP contribution in [-0.4, -0.2) is 22.5 Å². The van der Waals surface area contributed by atoms with E-state index in [2.05, 4.69) is 35.1 Å². The smallest absolute Gasteiger partial charge is 0.210 e. The van der Waals surface area contributed by atoms with E-state index in [0.717, 1.165) is 4.21 Å². The Bertz CT molecular complexity index is 606. The van der Waals surface area contributed by atoms with Gasteiger partial charge in [-0.3, -0.25) is 5.43 Å². The molecule has 1 rings (SSSR count). The van der Waals surface area contributed by atoms with E-state index < -0.39 is 0 Å². The van der Waals surface area contributed by atoms with E-state index in [9.17, 15) is 5.26 Å². The van der Waals surface area contributed by atoms with Crippen LogP contribution in [0, 0.1) is 11.3 Å². The van der Waals surface area contributed by atoms with Crippen molar-refractivity contribution < 1.29 is 0 Å². The molecule has 0 aromatic carbocycles. The molecular formula is C12H15N5S3. The van der Waals surface area contributed by atoms with E-state index in [0.29, 0.717) is 28.7 Å². The topological polar surface area (TPSA) is 65.1 Å². The summed E-state index contributed by atoms with van der Waals surface area (Å²) < 4.78 is 2.71. The van der Waals surface area contributed by atoms with Gasteiger partial charge in [-0.1, -0.05) is 23.5 Å². The lowest BCUT2D eigenvalue weighted by molar-refractivity contribution is 0.745. The predicted molar refractivity (Wildman–Crippen MR) is 88.5 cm³/mol. The largest absolute Gasteiger partial charge is 0.358 e. The zero-order valence-corrected chi connectivity index (χ0v) is 13.5. The lowest BCUT2D eigenvalue weighted by atomic mass is 10.5. The predicted octanol–water partition coefficient (Wildman–Crippen LogP) is 1.79.